The SMILES string of the molecule is COc1ccc(/C=C(\C#N)C(=O)Nc2cccc(Cl)c2)cc1OCc1ccc(Br)cc1. The third kappa shape index (κ3) is 6.35. The van der Waals surface area contributed by atoms with Crippen LogP contribution in [0.25, 0.3) is 6.08 Å². The van der Waals surface area contributed by atoms with E-state index in [9.17, 15) is 10.1 Å². The predicted molar refractivity (Wildman–Crippen MR) is 125 cm³/mol. The van der Waals surface area contributed by atoms with Crippen LogP contribution in [0.5, 0.6) is 11.5 Å². The predicted octanol–water partition coefficient (Wildman–Crippen LogP) is 6.24. The second kappa shape index (κ2) is 10.7. The maximum atomic E-state index is 12.5. The lowest BCUT2D eigenvalue weighted by atomic mass is 10.1. The summed E-state index contributed by atoms with van der Waals surface area (Å²) in [6, 6.07) is 21.6. The molecule has 156 valence electrons. The number of benzene rings is 3. The topological polar surface area (TPSA) is 71.3 Å². The summed E-state index contributed by atoms with van der Waals surface area (Å²) in [5, 5.41) is 12.6. The molecular formula is C24H18BrClN2O3. The molecular weight excluding hydrogens is 480 g/mol. The van der Waals surface area contributed by atoms with E-state index in [0.717, 1.165) is 10.0 Å². The van der Waals surface area contributed by atoms with Gasteiger partial charge >= 0.3 is 0 Å². The molecule has 3 aromatic carbocycles. The van der Waals surface area contributed by atoms with Crippen molar-refractivity contribution in [3.8, 4) is 17.6 Å². The molecule has 5 nitrogen and oxygen atoms in total. The van der Waals surface area contributed by atoms with Gasteiger partial charge in [0.1, 0.15) is 18.2 Å². The lowest BCUT2D eigenvalue weighted by Crippen LogP contribution is -2.13. The van der Waals surface area contributed by atoms with E-state index in [-0.39, 0.29) is 5.57 Å². The minimum atomic E-state index is -0.530. The van der Waals surface area contributed by atoms with E-state index in [2.05, 4.69) is 21.2 Å². The smallest absolute Gasteiger partial charge is 0.266 e. The summed E-state index contributed by atoms with van der Waals surface area (Å²) in [4.78, 5) is 12.5. The Morgan fingerprint density at radius 2 is 1.90 bits per heavy atom. The van der Waals surface area contributed by atoms with Crippen molar-refractivity contribution in [2.45, 2.75) is 6.61 Å². The molecule has 0 atom stereocenters. The molecule has 0 spiro atoms. The number of carbonyl (C=O) groups is 1. The van der Waals surface area contributed by atoms with Gasteiger partial charge in [0.25, 0.3) is 5.91 Å². The molecule has 0 heterocycles. The third-order valence-corrected chi connectivity index (χ3v) is 5.02. The highest BCUT2D eigenvalue weighted by Crippen LogP contribution is 2.30. The van der Waals surface area contributed by atoms with Crippen molar-refractivity contribution in [2.75, 3.05) is 12.4 Å². The first kappa shape index (κ1) is 22.4. The largest absolute Gasteiger partial charge is 0.493 e. The lowest BCUT2D eigenvalue weighted by molar-refractivity contribution is -0.112. The molecule has 31 heavy (non-hydrogen) atoms. The Bertz CT molecular complexity index is 1150. The van der Waals surface area contributed by atoms with Gasteiger partial charge in [0.15, 0.2) is 11.5 Å². The first-order valence-corrected chi connectivity index (χ1v) is 10.4. The van der Waals surface area contributed by atoms with Crippen LogP contribution >= 0.6 is 27.5 Å². The number of nitriles is 1. The number of hydrogen-bond donors (Lipinski definition) is 1. The zero-order valence-electron chi connectivity index (χ0n) is 16.6. The Balaban J connectivity index is 1.79. The molecule has 1 amide bonds. The van der Waals surface area contributed by atoms with Crippen LogP contribution in [0.2, 0.25) is 5.02 Å². The van der Waals surface area contributed by atoms with Crippen LogP contribution in [0.4, 0.5) is 5.69 Å². The summed E-state index contributed by atoms with van der Waals surface area (Å²) in [6.45, 7) is 0.344. The van der Waals surface area contributed by atoms with E-state index in [0.29, 0.717) is 34.4 Å². The molecule has 0 aromatic heterocycles. The molecule has 0 radical (unpaired) electrons. The molecule has 0 aliphatic rings. The van der Waals surface area contributed by atoms with Gasteiger partial charge in [0, 0.05) is 15.2 Å². The van der Waals surface area contributed by atoms with Crippen LogP contribution < -0.4 is 14.8 Å². The Labute approximate surface area is 194 Å². The molecule has 0 bridgehead atoms. The van der Waals surface area contributed by atoms with Crippen LogP contribution in [0.1, 0.15) is 11.1 Å². The van der Waals surface area contributed by atoms with Gasteiger partial charge in [0.2, 0.25) is 0 Å². The summed E-state index contributed by atoms with van der Waals surface area (Å²) in [5.74, 6) is 0.528. The Kier molecular flexibility index (Phi) is 7.71. The Morgan fingerprint density at radius 1 is 1.13 bits per heavy atom. The molecule has 0 saturated heterocycles. The van der Waals surface area contributed by atoms with Gasteiger partial charge in [-0.1, -0.05) is 51.8 Å². The first-order chi connectivity index (χ1) is 15.0. The van der Waals surface area contributed by atoms with Gasteiger partial charge in [0.05, 0.1) is 7.11 Å². The number of ether oxygens (including phenoxy) is 2. The highest BCUT2D eigenvalue weighted by Gasteiger charge is 2.12. The molecule has 1 N–H and O–H groups in total. The van der Waals surface area contributed by atoms with E-state index >= 15 is 0 Å². The number of carbonyl (C=O) groups excluding carboxylic acids is 1. The maximum absolute atomic E-state index is 12.5. The highest BCUT2D eigenvalue weighted by atomic mass is 79.9. The normalized spacial score (nSPS) is 10.8. The van der Waals surface area contributed by atoms with Crippen LogP contribution in [-0.2, 0) is 11.4 Å². The standard InChI is InChI=1S/C24H18BrClN2O3/c1-30-22-10-7-17(12-23(22)31-15-16-5-8-19(25)9-6-16)11-18(14-27)24(29)28-21-4-2-3-20(26)13-21/h2-13H,15H2,1H3,(H,28,29)/b18-11+. The van der Waals surface area contributed by atoms with Gasteiger partial charge < -0.3 is 14.8 Å². The maximum Gasteiger partial charge on any atom is 0.266 e. The molecule has 3 rings (SSSR count). The minimum Gasteiger partial charge on any atom is -0.493 e. The average molecular weight is 498 g/mol. The summed E-state index contributed by atoms with van der Waals surface area (Å²) in [7, 11) is 1.55. The Morgan fingerprint density at radius 3 is 2.58 bits per heavy atom. The average Bonchev–Trinajstić information content (AvgIpc) is 2.77. The number of halogens is 2. The first-order valence-electron chi connectivity index (χ1n) is 9.22. The lowest BCUT2D eigenvalue weighted by Gasteiger charge is -2.12. The van der Waals surface area contributed by atoms with Crippen molar-refractivity contribution >= 4 is 45.2 Å². The van der Waals surface area contributed by atoms with Crippen LogP contribution in [-0.4, -0.2) is 13.0 Å². The van der Waals surface area contributed by atoms with Gasteiger partial charge in [-0.05, 0) is 59.7 Å². The quantitative estimate of drug-likeness (QED) is 0.310. The molecule has 3 aromatic rings. The second-order valence-corrected chi connectivity index (χ2v) is 7.81. The summed E-state index contributed by atoms with van der Waals surface area (Å²) in [6.07, 6.45) is 1.49. The zero-order valence-corrected chi connectivity index (χ0v) is 18.9. The molecule has 0 aliphatic heterocycles. The van der Waals surface area contributed by atoms with Crippen LogP contribution in [0, 0.1) is 11.3 Å². The van der Waals surface area contributed by atoms with Crippen LogP contribution in [0.15, 0.2) is 76.8 Å². The number of methoxy groups -OCH3 is 1. The monoisotopic (exact) mass is 496 g/mol. The fourth-order valence-corrected chi connectivity index (χ4v) is 3.17. The summed E-state index contributed by atoms with van der Waals surface area (Å²) in [5.41, 5.74) is 2.07. The van der Waals surface area contributed by atoms with Crippen molar-refractivity contribution in [1.29, 1.82) is 5.26 Å². The number of amides is 1. The third-order valence-electron chi connectivity index (χ3n) is 4.25. The number of hydrogen-bond acceptors (Lipinski definition) is 4. The van der Waals surface area contributed by atoms with Gasteiger partial charge in [-0.15, -0.1) is 0 Å². The fourth-order valence-electron chi connectivity index (χ4n) is 2.72. The highest BCUT2D eigenvalue weighted by molar-refractivity contribution is 9.10. The van der Waals surface area contributed by atoms with Crippen molar-refractivity contribution in [2.24, 2.45) is 0 Å². The summed E-state index contributed by atoms with van der Waals surface area (Å²) >= 11 is 9.35. The van der Waals surface area contributed by atoms with E-state index < -0.39 is 5.91 Å². The molecule has 7 heteroatoms. The van der Waals surface area contributed by atoms with E-state index in [1.165, 1.54) is 6.08 Å². The van der Waals surface area contributed by atoms with Gasteiger partial charge in [-0.2, -0.15) is 5.26 Å². The molecule has 0 fully saturated rings. The number of nitrogens with one attached hydrogen (secondary N) is 1. The van der Waals surface area contributed by atoms with Gasteiger partial charge in [-0.25, -0.2) is 0 Å². The zero-order chi connectivity index (χ0) is 22.2. The van der Waals surface area contributed by atoms with E-state index in [1.807, 2.05) is 30.3 Å². The number of anilines is 1. The number of rotatable bonds is 7. The Hall–Kier alpha value is -3.27. The van der Waals surface area contributed by atoms with Crippen LogP contribution in [0.3, 0.4) is 0 Å². The minimum absolute atomic E-state index is 0.0519. The van der Waals surface area contributed by atoms with Crippen molar-refractivity contribution in [3.63, 3.8) is 0 Å². The van der Waals surface area contributed by atoms with E-state index in [1.54, 1.807) is 49.6 Å². The molecule has 0 saturated carbocycles. The number of nitrogens with zero attached hydrogens (tertiary/aromatic N) is 1. The molecule has 0 unspecified atom stereocenters. The van der Waals surface area contributed by atoms with Crippen molar-refractivity contribution in [1.82, 2.24) is 0 Å². The summed E-state index contributed by atoms with van der Waals surface area (Å²) < 4.78 is 12.3. The molecule has 0 aliphatic carbocycles. The van der Waals surface area contributed by atoms with E-state index in [4.69, 9.17) is 21.1 Å². The van der Waals surface area contributed by atoms with Crippen molar-refractivity contribution < 1.29 is 14.3 Å². The second-order valence-electron chi connectivity index (χ2n) is 6.46. The van der Waals surface area contributed by atoms with Gasteiger partial charge in [-0.3, -0.25) is 4.79 Å². The van der Waals surface area contributed by atoms with Crippen molar-refractivity contribution in [3.05, 3.63) is 92.9 Å². The fraction of sp³-hybridized carbons (Fsp3) is 0.0833.